The topological polar surface area (TPSA) is 110 Å². The van der Waals surface area contributed by atoms with Crippen LogP contribution in [-0.4, -0.2) is 28.1 Å². The van der Waals surface area contributed by atoms with Gasteiger partial charge in [0.25, 0.3) is 11.5 Å². The summed E-state index contributed by atoms with van der Waals surface area (Å²) in [6.45, 7) is 9.87. The summed E-state index contributed by atoms with van der Waals surface area (Å²) >= 11 is 5.99. The van der Waals surface area contributed by atoms with Gasteiger partial charge in [-0.2, -0.15) is 0 Å². The molecule has 1 aromatic heterocycles. The number of hydrogen-bond acceptors (Lipinski definition) is 5. The molecule has 31 heavy (non-hydrogen) atoms. The molecule has 0 bridgehead atoms. The molecule has 1 unspecified atom stereocenters. The van der Waals surface area contributed by atoms with E-state index in [9.17, 15) is 14.4 Å². The summed E-state index contributed by atoms with van der Waals surface area (Å²) in [6, 6.07) is 5.12. The first-order valence-electron chi connectivity index (χ1n) is 10.4. The Balaban J connectivity index is 2.46. The molecule has 3 N–H and O–H groups in total. The van der Waals surface area contributed by atoms with E-state index in [1.54, 1.807) is 25.1 Å². The van der Waals surface area contributed by atoms with E-state index < -0.39 is 23.3 Å². The van der Waals surface area contributed by atoms with Gasteiger partial charge >= 0.3 is 5.69 Å². The quantitative estimate of drug-likeness (QED) is 0.608. The lowest BCUT2D eigenvalue weighted by Gasteiger charge is -2.28. The van der Waals surface area contributed by atoms with E-state index in [1.165, 1.54) is 9.47 Å². The van der Waals surface area contributed by atoms with E-state index >= 15 is 0 Å². The lowest BCUT2D eigenvalue weighted by Crippen LogP contribution is -2.47. The molecule has 0 fully saturated rings. The van der Waals surface area contributed by atoms with Gasteiger partial charge in [0.1, 0.15) is 11.6 Å². The van der Waals surface area contributed by atoms with Gasteiger partial charge in [-0.05, 0) is 49.9 Å². The number of carbonyl (C=O) groups is 1. The number of halogens is 1. The summed E-state index contributed by atoms with van der Waals surface area (Å²) in [6.07, 6.45) is 0.664. The Morgan fingerprint density at radius 2 is 1.97 bits per heavy atom. The van der Waals surface area contributed by atoms with Crippen LogP contribution < -0.4 is 26.6 Å². The first-order valence-corrected chi connectivity index (χ1v) is 10.8. The fourth-order valence-corrected chi connectivity index (χ4v) is 3.47. The average Bonchev–Trinajstić information content (AvgIpc) is 2.68. The Bertz CT molecular complexity index is 1040. The summed E-state index contributed by atoms with van der Waals surface area (Å²) in [5.74, 6) is 0.111. The van der Waals surface area contributed by atoms with Gasteiger partial charge in [0.2, 0.25) is 0 Å². The number of nitrogen functional groups attached to an aromatic ring is 1. The second-order valence-corrected chi connectivity index (χ2v) is 8.45. The molecule has 0 aliphatic carbocycles. The highest BCUT2D eigenvalue weighted by atomic mass is 35.5. The Kier molecular flexibility index (Phi) is 8.33. The van der Waals surface area contributed by atoms with E-state index in [4.69, 9.17) is 22.1 Å². The van der Waals surface area contributed by atoms with Crippen LogP contribution in [-0.2, 0) is 11.3 Å². The normalized spacial score (nSPS) is 12.1. The summed E-state index contributed by atoms with van der Waals surface area (Å²) in [5.41, 5.74) is 5.70. The first-order chi connectivity index (χ1) is 14.6. The van der Waals surface area contributed by atoms with Crippen molar-refractivity contribution in [3.63, 3.8) is 0 Å². The maximum Gasteiger partial charge on any atom is 0.330 e. The van der Waals surface area contributed by atoms with Crippen LogP contribution in [0.4, 0.5) is 11.5 Å². The summed E-state index contributed by atoms with van der Waals surface area (Å²) < 4.78 is 7.17. The number of nitrogens with one attached hydrogen (secondary N) is 1. The molecular weight excluding hydrogens is 420 g/mol. The van der Waals surface area contributed by atoms with Crippen LogP contribution in [0.1, 0.15) is 46.1 Å². The fraction of sp³-hybridized carbons (Fsp3) is 0.500. The van der Waals surface area contributed by atoms with Crippen molar-refractivity contribution in [2.45, 2.75) is 60.1 Å². The Morgan fingerprint density at radius 1 is 1.29 bits per heavy atom. The highest BCUT2D eigenvalue weighted by molar-refractivity contribution is 6.30. The van der Waals surface area contributed by atoms with Gasteiger partial charge in [-0.3, -0.25) is 19.1 Å². The van der Waals surface area contributed by atoms with E-state index in [0.717, 1.165) is 12.0 Å². The predicted molar refractivity (Wildman–Crippen MR) is 124 cm³/mol. The van der Waals surface area contributed by atoms with Crippen molar-refractivity contribution in [2.24, 2.45) is 5.92 Å². The molecule has 0 aliphatic heterocycles. The highest BCUT2D eigenvalue weighted by Crippen LogP contribution is 2.25. The molecule has 0 saturated heterocycles. The molecule has 0 radical (unpaired) electrons. The minimum Gasteiger partial charge on any atom is -0.481 e. The van der Waals surface area contributed by atoms with Crippen molar-refractivity contribution in [2.75, 3.05) is 17.2 Å². The number of nitrogens with two attached hydrogens (primary N) is 1. The largest absolute Gasteiger partial charge is 0.481 e. The van der Waals surface area contributed by atoms with Crippen molar-refractivity contribution in [1.82, 2.24) is 9.55 Å². The maximum absolute atomic E-state index is 13.4. The summed E-state index contributed by atoms with van der Waals surface area (Å²) in [7, 11) is 0. The number of amides is 1. The highest BCUT2D eigenvalue weighted by Gasteiger charge is 2.29. The van der Waals surface area contributed by atoms with Crippen LogP contribution in [0.15, 0.2) is 27.8 Å². The van der Waals surface area contributed by atoms with Crippen LogP contribution in [0.5, 0.6) is 5.75 Å². The molecule has 0 aliphatic rings. The minimum absolute atomic E-state index is 0.0222. The number of anilines is 2. The fourth-order valence-electron chi connectivity index (χ4n) is 3.24. The van der Waals surface area contributed by atoms with Gasteiger partial charge in [-0.15, -0.1) is 0 Å². The number of unbranched alkanes of at least 4 members (excludes halogenated alkanes) is 1. The standard InChI is InChI=1S/C22H31ClN4O4/c1-6-7-10-26-19(24)18(20(28)25-22(26)30)27(12-13(2)3)21(29)15(5)31-17-9-8-16(23)11-14(17)4/h8-9,11,13,15H,6-7,10,12,24H2,1-5H3,(H,25,28,30). The number of hydrogen-bond donors (Lipinski definition) is 2. The molecule has 1 heterocycles. The van der Waals surface area contributed by atoms with Gasteiger partial charge in [-0.1, -0.05) is 38.8 Å². The van der Waals surface area contributed by atoms with Crippen LogP contribution in [0.3, 0.4) is 0 Å². The zero-order valence-electron chi connectivity index (χ0n) is 18.7. The molecule has 1 amide bonds. The second-order valence-electron chi connectivity index (χ2n) is 8.01. The predicted octanol–water partition coefficient (Wildman–Crippen LogP) is 3.34. The van der Waals surface area contributed by atoms with E-state index in [-0.39, 0.29) is 24.0 Å². The van der Waals surface area contributed by atoms with Crippen LogP contribution in [0.25, 0.3) is 0 Å². The third kappa shape index (κ3) is 5.91. The molecule has 2 aromatic rings. The van der Waals surface area contributed by atoms with E-state index in [0.29, 0.717) is 23.7 Å². The summed E-state index contributed by atoms with van der Waals surface area (Å²) in [4.78, 5) is 41.9. The molecule has 170 valence electrons. The number of nitrogens with zero attached hydrogens (tertiary/aromatic N) is 2. The lowest BCUT2D eigenvalue weighted by atomic mass is 10.1. The minimum atomic E-state index is -0.895. The molecule has 8 nitrogen and oxygen atoms in total. The third-order valence-corrected chi connectivity index (χ3v) is 5.06. The monoisotopic (exact) mass is 450 g/mol. The van der Waals surface area contributed by atoms with E-state index in [2.05, 4.69) is 4.98 Å². The average molecular weight is 451 g/mol. The van der Waals surface area contributed by atoms with Gasteiger partial charge in [0, 0.05) is 18.1 Å². The van der Waals surface area contributed by atoms with Gasteiger partial charge < -0.3 is 15.4 Å². The molecule has 2 rings (SSSR count). The lowest BCUT2D eigenvalue weighted by molar-refractivity contribution is -0.124. The number of aromatic amines is 1. The Hall–Kier alpha value is -2.74. The zero-order chi connectivity index (χ0) is 23.3. The van der Waals surface area contributed by atoms with E-state index in [1.807, 2.05) is 27.7 Å². The molecular formula is C22H31ClN4O4. The third-order valence-electron chi connectivity index (χ3n) is 4.82. The number of ether oxygens (including phenoxy) is 1. The molecule has 1 aromatic carbocycles. The van der Waals surface area contributed by atoms with Crippen molar-refractivity contribution < 1.29 is 9.53 Å². The van der Waals surface area contributed by atoms with Crippen molar-refractivity contribution in [3.05, 3.63) is 49.6 Å². The van der Waals surface area contributed by atoms with Crippen molar-refractivity contribution >= 4 is 29.0 Å². The molecule has 9 heteroatoms. The zero-order valence-corrected chi connectivity index (χ0v) is 19.5. The number of aromatic nitrogens is 2. The number of benzene rings is 1. The van der Waals surface area contributed by atoms with Crippen LogP contribution in [0, 0.1) is 12.8 Å². The summed E-state index contributed by atoms with van der Waals surface area (Å²) in [5, 5.41) is 0.568. The second kappa shape index (κ2) is 10.5. The van der Waals surface area contributed by atoms with Gasteiger partial charge in [0.15, 0.2) is 11.8 Å². The molecule has 0 saturated carbocycles. The number of H-pyrrole nitrogens is 1. The van der Waals surface area contributed by atoms with Crippen LogP contribution >= 0.6 is 11.6 Å². The van der Waals surface area contributed by atoms with Crippen molar-refractivity contribution in [3.8, 4) is 5.75 Å². The smallest absolute Gasteiger partial charge is 0.330 e. The SMILES string of the molecule is CCCCn1c(N)c(N(CC(C)C)C(=O)C(C)Oc2ccc(Cl)cc2C)c(=O)[nH]c1=O. The Labute approximate surface area is 187 Å². The van der Waals surface area contributed by atoms with Crippen LogP contribution in [0.2, 0.25) is 5.02 Å². The number of carbonyl (C=O) groups excluding carboxylic acids is 1. The van der Waals surface area contributed by atoms with Crippen molar-refractivity contribution in [1.29, 1.82) is 0 Å². The number of aryl methyl sites for hydroxylation is 1. The number of rotatable bonds is 9. The Morgan fingerprint density at radius 3 is 2.55 bits per heavy atom. The first kappa shape index (κ1) is 24.5. The van der Waals surface area contributed by atoms with Gasteiger partial charge in [0.05, 0.1) is 0 Å². The molecule has 1 atom stereocenters. The maximum atomic E-state index is 13.4. The van der Waals surface area contributed by atoms with Gasteiger partial charge in [-0.25, -0.2) is 4.79 Å². The molecule has 0 spiro atoms.